The van der Waals surface area contributed by atoms with Gasteiger partial charge in [0, 0.05) is 18.3 Å². The van der Waals surface area contributed by atoms with E-state index in [2.05, 4.69) is 5.32 Å². The number of hydrogen-bond acceptors (Lipinski definition) is 7. The molecular formula is C15H25ClN2O6. The number of halogens is 1. The van der Waals surface area contributed by atoms with Gasteiger partial charge in [0.25, 0.3) is 0 Å². The minimum Gasteiger partial charge on any atom is -0.466 e. The molecule has 24 heavy (non-hydrogen) atoms. The highest BCUT2D eigenvalue weighted by molar-refractivity contribution is 5.93. The zero-order valence-electron chi connectivity index (χ0n) is 14.0. The molecule has 0 aromatic heterocycles. The van der Waals surface area contributed by atoms with E-state index in [4.69, 9.17) is 15.2 Å². The zero-order chi connectivity index (χ0) is 17.4. The van der Waals surface area contributed by atoms with Crippen molar-refractivity contribution in [1.29, 1.82) is 0 Å². The van der Waals surface area contributed by atoms with Gasteiger partial charge < -0.3 is 25.6 Å². The molecule has 0 heterocycles. The Morgan fingerprint density at radius 3 is 2.38 bits per heavy atom. The van der Waals surface area contributed by atoms with Crippen LogP contribution in [0.5, 0.6) is 0 Å². The minimum atomic E-state index is -1.43. The maximum Gasteiger partial charge on any atom is 0.332 e. The summed E-state index contributed by atoms with van der Waals surface area (Å²) in [6.07, 6.45) is -0.873. The number of aliphatic hydroxyl groups excluding tert-OH is 1. The van der Waals surface area contributed by atoms with Gasteiger partial charge in [-0.2, -0.15) is 0 Å². The molecule has 0 radical (unpaired) electrons. The Balaban J connectivity index is 0.00000288. The average Bonchev–Trinajstić information content (AvgIpc) is 3.16. The predicted molar refractivity (Wildman–Crippen MR) is 86.1 cm³/mol. The number of ether oxygens (including phenoxy) is 2. The molecule has 1 amide bonds. The van der Waals surface area contributed by atoms with E-state index in [9.17, 15) is 19.5 Å². The molecular weight excluding hydrogens is 340 g/mol. The molecule has 4 N–H and O–H groups in total. The lowest BCUT2D eigenvalue weighted by Gasteiger charge is -2.32. The monoisotopic (exact) mass is 364 g/mol. The van der Waals surface area contributed by atoms with Crippen molar-refractivity contribution in [3.8, 4) is 0 Å². The molecule has 0 aromatic carbocycles. The fourth-order valence-electron chi connectivity index (χ4n) is 3.59. The van der Waals surface area contributed by atoms with Crippen LogP contribution in [0.15, 0.2) is 0 Å². The summed E-state index contributed by atoms with van der Waals surface area (Å²) < 4.78 is 10.1. The van der Waals surface area contributed by atoms with Gasteiger partial charge in [0.1, 0.15) is 5.54 Å². The fourth-order valence-corrected chi connectivity index (χ4v) is 3.59. The van der Waals surface area contributed by atoms with Crippen molar-refractivity contribution in [3.05, 3.63) is 0 Å². The van der Waals surface area contributed by atoms with E-state index in [1.807, 2.05) is 0 Å². The molecule has 0 saturated heterocycles. The normalized spacial score (nSPS) is 34.4. The number of fused-ring (bicyclic) bond motifs is 1. The van der Waals surface area contributed by atoms with E-state index in [-0.39, 0.29) is 32.0 Å². The summed E-state index contributed by atoms with van der Waals surface area (Å²) in [5.41, 5.74) is 4.14. The first-order chi connectivity index (χ1) is 10.8. The smallest absolute Gasteiger partial charge is 0.332 e. The van der Waals surface area contributed by atoms with E-state index in [0.29, 0.717) is 0 Å². The number of aliphatic hydroxyl groups is 1. The summed E-state index contributed by atoms with van der Waals surface area (Å²) in [5.74, 6) is -3.20. The molecule has 8 nitrogen and oxygen atoms in total. The summed E-state index contributed by atoms with van der Waals surface area (Å²) >= 11 is 0. The van der Waals surface area contributed by atoms with E-state index < -0.39 is 53.3 Å². The summed E-state index contributed by atoms with van der Waals surface area (Å²) in [4.78, 5) is 36.6. The summed E-state index contributed by atoms with van der Waals surface area (Å²) in [7, 11) is 0. The Hall–Kier alpha value is -1.38. The SMILES string of the molecule is CCOC(=O)C1C2C(O)CC(NC(=O)C(C)N)(C(=O)OCC)C12.Cl. The maximum absolute atomic E-state index is 12.5. The lowest BCUT2D eigenvalue weighted by atomic mass is 9.89. The average molecular weight is 365 g/mol. The lowest BCUT2D eigenvalue weighted by molar-refractivity contribution is -0.156. The van der Waals surface area contributed by atoms with Crippen LogP contribution in [0.25, 0.3) is 0 Å². The number of carbonyl (C=O) groups excluding carboxylic acids is 3. The molecule has 6 unspecified atom stereocenters. The third kappa shape index (κ3) is 3.36. The first-order valence-electron chi connectivity index (χ1n) is 7.89. The highest BCUT2D eigenvalue weighted by Crippen LogP contribution is 2.63. The molecule has 2 rings (SSSR count). The van der Waals surface area contributed by atoms with E-state index in [0.717, 1.165) is 0 Å². The lowest BCUT2D eigenvalue weighted by Crippen LogP contribution is -2.60. The predicted octanol–water partition coefficient (Wildman–Crippen LogP) is -0.637. The molecule has 6 atom stereocenters. The van der Waals surface area contributed by atoms with Crippen LogP contribution in [-0.4, -0.2) is 53.9 Å². The number of esters is 2. The molecule has 2 fully saturated rings. The van der Waals surface area contributed by atoms with Gasteiger partial charge in [-0.3, -0.25) is 9.59 Å². The quantitative estimate of drug-likeness (QED) is 0.535. The van der Waals surface area contributed by atoms with E-state index in [1.54, 1.807) is 13.8 Å². The van der Waals surface area contributed by atoms with Gasteiger partial charge in [-0.05, 0) is 20.8 Å². The molecule has 0 aliphatic heterocycles. The number of nitrogens with one attached hydrogen (secondary N) is 1. The maximum atomic E-state index is 12.5. The van der Waals surface area contributed by atoms with Crippen LogP contribution >= 0.6 is 12.4 Å². The Labute approximate surface area is 146 Å². The van der Waals surface area contributed by atoms with Crippen LogP contribution in [0.3, 0.4) is 0 Å². The van der Waals surface area contributed by atoms with Crippen molar-refractivity contribution < 1.29 is 29.0 Å². The van der Waals surface area contributed by atoms with Gasteiger partial charge in [-0.1, -0.05) is 0 Å². The van der Waals surface area contributed by atoms with Gasteiger partial charge in [0.05, 0.1) is 31.3 Å². The number of carbonyl (C=O) groups is 3. The van der Waals surface area contributed by atoms with Gasteiger partial charge in [-0.15, -0.1) is 12.4 Å². The van der Waals surface area contributed by atoms with Crippen LogP contribution in [0.1, 0.15) is 27.2 Å². The minimum absolute atomic E-state index is 0. The van der Waals surface area contributed by atoms with Crippen molar-refractivity contribution >= 4 is 30.3 Å². The Kier molecular flexibility index (Phi) is 6.60. The van der Waals surface area contributed by atoms with Gasteiger partial charge in [0.2, 0.25) is 5.91 Å². The summed E-state index contributed by atoms with van der Waals surface area (Å²) in [5, 5.41) is 12.9. The first-order valence-corrected chi connectivity index (χ1v) is 7.89. The molecule has 138 valence electrons. The highest BCUT2D eigenvalue weighted by Gasteiger charge is 2.76. The molecule has 2 aliphatic carbocycles. The second kappa shape index (κ2) is 7.67. The molecule has 0 spiro atoms. The Bertz CT molecular complexity index is 514. The molecule has 9 heteroatoms. The van der Waals surface area contributed by atoms with Gasteiger partial charge in [-0.25, -0.2) is 4.79 Å². The topological polar surface area (TPSA) is 128 Å². The van der Waals surface area contributed by atoms with Gasteiger partial charge in [0.15, 0.2) is 0 Å². The molecule has 2 aliphatic rings. The van der Waals surface area contributed by atoms with E-state index >= 15 is 0 Å². The van der Waals surface area contributed by atoms with Crippen molar-refractivity contribution in [2.75, 3.05) is 13.2 Å². The first kappa shape index (κ1) is 20.7. The van der Waals surface area contributed by atoms with Crippen molar-refractivity contribution in [2.24, 2.45) is 23.5 Å². The van der Waals surface area contributed by atoms with Gasteiger partial charge >= 0.3 is 11.9 Å². The number of nitrogens with two attached hydrogens (primary N) is 1. The molecule has 0 bridgehead atoms. The van der Waals surface area contributed by atoms with Crippen molar-refractivity contribution in [2.45, 2.75) is 44.9 Å². The Morgan fingerprint density at radius 2 is 1.88 bits per heavy atom. The number of rotatable bonds is 6. The van der Waals surface area contributed by atoms with E-state index in [1.165, 1.54) is 6.92 Å². The Morgan fingerprint density at radius 1 is 1.29 bits per heavy atom. The zero-order valence-corrected chi connectivity index (χ0v) is 14.8. The van der Waals surface area contributed by atoms with Crippen LogP contribution in [0.2, 0.25) is 0 Å². The van der Waals surface area contributed by atoms with Crippen LogP contribution in [0.4, 0.5) is 0 Å². The molecule has 2 saturated carbocycles. The second-order valence-corrected chi connectivity index (χ2v) is 6.12. The van der Waals surface area contributed by atoms with Crippen LogP contribution < -0.4 is 11.1 Å². The number of amides is 1. The fraction of sp³-hybridized carbons (Fsp3) is 0.800. The standard InChI is InChI=1S/C15H24N2O6.ClH/c1-4-22-13(20)10-9-8(18)6-15(11(9)10,14(21)23-5-2)17-12(19)7(3)16;/h7-11,18H,4-6,16H2,1-3H3,(H,17,19);1H. The summed E-state index contributed by atoms with van der Waals surface area (Å²) in [6, 6.07) is -0.822. The van der Waals surface area contributed by atoms with Crippen molar-refractivity contribution in [1.82, 2.24) is 5.32 Å². The third-order valence-electron chi connectivity index (χ3n) is 4.58. The second-order valence-electron chi connectivity index (χ2n) is 6.12. The third-order valence-corrected chi connectivity index (χ3v) is 4.58. The van der Waals surface area contributed by atoms with Crippen LogP contribution in [0, 0.1) is 17.8 Å². The van der Waals surface area contributed by atoms with Crippen LogP contribution in [-0.2, 0) is 23.9 Å². The number of hydrogen-bond donors (Lipinski definition) is 3. The summed E-state index contributed by atoms with van der Waals surface area (Å²) in [6.45, 7) is 5.17. The largest absolute Gasteiger partial charge is 0.466 e. The van der Waals surface area contributed by atoms with Crippen molar-refractivity contribution in [3.63, 3.8) is 0 Å². The highest BCUT2D eigenvalue weighted by atomic mass is 35.5. The molecule has 0 aromatic rings.